The number of primary amides is 1. The Balaban J connectivity index is 1.73. The molecule has 1 aliphatic heterocycles. The van der Waals surface area contributed by atoms with Gasteiger partial charge in [-0.1, -0.05) is 13.8 Å². The van der Waals surface area contributed by atoms with E-state index in [2.05, 4.69) is 23.6 Å². The van der Waals surface area contributed by atoms with Crippen LogP contribution in [0.25, 0.3) is 0 Å². The van der Waals surface area contributed by atoms with Crippen LogP contribution in [0.2, 0.25) is 0 Å². The molecule has 3 aliphatic carbocycles. The first kappa shape index (κ1) is 29.1. The van der Waals surface area contributed by atoms with E-state index in [-0.39, 0.29) is 35.8 Å². The molecule has 1 unspecified atom stereocenters. The van der Waals surface area contributed by atoms with Crippen molar-refractivity contribution in [1.82, 2.24) is 9.80 Å². The third-order valence-electron chi connectivity index (χ3n) is 9.28. The Labute approximate surface area is 239 Å². The molecule has 1 aromatic carbocycles. The number of anilines is 1. The molecule has 5 rings (SSSR count). The van der Waals surface area contributed by atoms with Gasteiger partial charge in [0.15, 0.2) is 11.4 Å². The number of carbonyl (C=O) groups excluding carboxylic acids is 3. The number of amides is 1. The van der Waals surface area contributed by atoms with Crippen molar-refractivity contribution in [3.8, 4) is 5.75 Å². The molecule has 0 spiro atoms. The van der Waals surface area contributed by atoms with E-state index in [1.807, 2.05) is 14.1 Å². The van der Waals surface area contributed by atoms with Gasteiger partial charge in [0.05, 0.1) is 11.6 Å². The van der Waals surface area contributed by atoms with Gasteiger partial charge in [0.2, 0.25) is 5.78 Å². The van der Waals surface area contributed by atoms with Gasteiger partial charge in [-0.15, -0.1) is 0 Å². The van der Waals surface area contributed by atoms with Gasteiger partial charge >= 0.3 is 0 Å². The fourth-order valence-corrected chi connectivity index (χ4v) is 7.67. The first-order valence-electron chi connectivity index (χ1n) is 14.1. The zero-order valence-corrected chi connectivity index (χ0v) is 24.4. The van der Waals surface area contributed by atoms with Gasteiger partial charge in [-0.3, -0.25) is 19.3 Å². The number of rotatable bonds is 5. The van der Waals surface area contributed by atoms with Crippen LogP contribution in [0.3, 0.4) is 0 Å². The summed E-state index contributed by atoms with van der Waals surface area (Å²) in [6, 6.07) is 0.639. The number of nitrogens with two attached hydrogens (primary N) is 1. The summed E-state index contributed by atoms with van der Waals surface area (Å²) in [5.41, 5.74) is 4.39. The van der Waals surface area contributed by atoms with Crippen LogP contribution in [0.5, 0.6) is 5.75 Å². The number of ketones is 2. The molecule has 6 N–H and O–H groups in total. The average molecular weight is 569 g/mol. The molecule has 1 aromatic rings. The molecule has 11 heteroatoms. The smallest absolute Gasteiger partial charge is 0.255 e. The lowest BCUT2D eigenvalue weighted by molar-refractivity contribution is -0.148. The fraction of sp³-hybridized carbons (Fsp3) is 0.567. The molecule has 1 heterocycles. The highest BCUT2D eigenvalue weighted by Gasteiger charge is 2.63. The number of fused-ring (bicyclic) bond motifs is 5. The highest BCUT2D eigenvalue weighted by molar-refractivity contribution is 6.25. The van der Waals surface area contributed by atoms with Crippen molar-refractivity contribution in [2.75, 3.05) is 46.2 Å². The molecule has 0 saturated carbocycles. The van der Waals surface area contributed by atoms with Crippen LogP contribution in [0, 0.1) is 17.8 Å². The molecule has 0 bridgehead atoms. The molecule has 11 nitrogen and oxygen atoms in total. The van der Waals surface area contributed by atoms with Crippen molar-refractivity contribution in [2.24, 2.45) is 23.5 Å². The number of Topliss-reactive ketones (excluding diaryl/α,β-unsaturated/α-hetero) is 2. The molecule has 0 fully saturated rings. The maximum absolute atomic E-state index is 14.1. The summed E-state index contributed by atoms with van der Waals surface area (Å²) in [5, 5.41) is 45.6. The monoisotopic (exact) mass is 568 g/mol. The molecule has 4 aliphatic rings. The molecule has 0 aromatic heterocycles. The number of phenolic OH excluding ortho intramolecular Hbond substituents is 1. The third kappa shape index (κ3) is 4.08. The number of aliphatic hydroxyl groups is 3. The summed E-state index contributed by atoms with van der Waals surface area (Å²) in [6.45, 7) is 5.77. The van der Waals surface area contributed by atoms with Crippen LogP contribution < -0.4 is 10.6 Å². The molecule has 41 heavy (non-hydrogen) atoms. The molecule has 1 amide bonds. The minimum atomic E-state index is -2.64. The van der Waals surface area contributed by atoms with Crippen LogP contribution in [0.4, 0.5) is 5.69 Å². The first-order valence-corrected chi connectivity index (χ1v) is 14.1. The number of carbonyl (C=O) groups is 3. The van der Waals surface area contributed by atoms with Gasteiger partial charge in [-0.25, -0.2) is 0 Å². The Morgan fingerprint density at radius 3 is 2.37 bits per heavy atom. The van der Waals surface area contributed by atoms with Crippen LogP contribution in [-0.2, 0) is 16.0 Å². The predicted molar refractivity (Wildman–Crippen MR) is 152 cm³/mol. The summed E-state index contributed by atoms with van der Waals surface area (Å²) in [4.78, 5) is 45.7. The number of hydrogen-bond acceptors (Lipinski definition) is 10. The predicted octanol–water partition coefficient (Wildman–Crippen LogP) is 1.59. The van der Waals surface area contributed by atoms with Crippen molar-refractivity contribution in [3.63, 3.8) is 0 Å². The minimum absolute atomic E-state index is 0.0323. The Morgan fingerprint density at radius 2 is 1.80 bits per heavy atom. The summed E-state index contributed by atoms with van der Waals surface area (Å²) in [6.07, 6.45) is 1.20. The summed E-state index contributed by atoms with van der Waals surface area (Å²) in [5.74, 6) is -6.09. The summed E-state index contributed by atoms with van der Waals surface area (Å²) >= 11 is 0. The Morgan fingerprint density at radius 1 is 1.15 bits per heavy atom. The fourth-order valence-electron chi connectivity index (χ4n) is 7.67. The second kappa shape index (κ2) is 9.85. The second-order valence-corrected chi connectivity index (χ2v) is 12.8. The largest absolute Gasteiger partial charge is 0.510 e. The highest BCUT2D eigenvalue weighted by Crippen LogP contribution is 2.54. The van der Waals surface area contributed by atoms with Crippen molar-refractivity contribution in [3.05, 3.63) is 45.4 Å². The molecular formula is C30H40N4O7. The second-order valence-electron chi connectivity index (χ2n) is 12.8. The maximum atomic E-state index is 14.1. The average Bonchev–Trinajstić information content (AvgIpc) is 2.85. The topological polar surface area (TPSA) is 168 Å². The maximum Gasteiger partial charge on any atom is 0.255 e. The van der Waals surface area contributed by atoms with Gasteiger partial charge in [0.1, 0.15) is 22.8 Å². The van der Waals surface area contributed by atoms with E-state index in [0.717, 1.165) is 30.8 Å². The van der Waals surface area contributed by atoms with E-state index in [0.29, 0.717) is 11.5 Å². The van der Waals surface area contributed by atoms with Gasteiger partial charge < -0.3 is 36.0 Å². The number of hydrogen-bond donors (Lipinski definition) is 5. The quantitative estimate of drug-likeness (QED) is 0.329. The molecule has 222 valence electrons. The number of benzene rings is 1. The zero-order valence-electron chi connectivity index (χ0n) is 24.4. The SMILES string of the molecule is CC(C)CN1CCC(N(C)C)c2cc(O)c3c(c21)C[C@@H]1C[C@@H]2[C@H](N(C)C)C(O)=C(C(N)=O)C(=O)[C@@]2(O)C(O)=C1C3=O. The van der Waals surface area contributed by atoms with E-state index >= 15 is 0 Å². The van der Waals surface area contributed by atoms with Gasteiger partial charge in [0, 0.05) is 36.3 Å². The molecule has 0 radical (unpaired) electrons. The number of allylic oxidation sites excluding steroid dienone is 1. The molecule has 5 atom stereocenters. The first-order chi connectivity index (χ1) is 19.1. The minimum Gasteiger partial charge on any atom is -0.510 e. The number of likely N-dealkylation sites (N-methyl/N-ethyl adjacent to an activating group) is 1. The lowest BCUT2D eigenvalue weighted by Gasteiger charge is -2.50. The Kier molecular flexibility index (Phi) is 6.99. The molecular weight excluding hydrogens is 528 g/mol. The lowest BCUT2D eigenvalue weighted by atomic mass is 9.58. The third-order valence-corrected chi connectivity index (χ3v) is 9.28. The zero-order chi connectivity index (χ0) is 30.3. The number of phenols is 1. The van der Waals surface area contributed by atoms with Crippen molar-refractivity contribution >= 4 is 23.2 Å². The van der Waals surface area contributed by atoms with Crippen LogP contribution >= 0.6 is 0 Å². The van der Waals surface area contributed by atoms with Crippen molar-refractivity contribution in [2.45, 2.75) is 50.8 Å². The van der Waals surface area contributed by atoms with Gasteiger partial charge in [-0.05, 0) is 76.5 Å². The number of aliphatic hydroxyl groups excluding tert-OH is 2. The van der Waals surface area contributed by atoms with Gasteiger partial charge in [-0.2, -0.15) is 0 Å². The van der Waals surface area contributed by atoms with Crippen molar-refractivity contribution < 1.29 is 34.8 Å². The summed E-state index contributed by atoms with van der Waals surface area (Å²) in [7, 11) is 7.20. The Bertz CT molecular complexity index is 1410. The highest BCUT2D eigenvalue weighted by atomic mass is 16.3. The van der Waals surface area contributed by atoms with Crippen molar-refractivity contribution in [1.29, 1.82) is 0 Å². The van der Waals surface area contributed by atoms with Crippen LogP contribution in [0.1, 0.15) is 54.2 Å². The summed E-state index contributed by atoms with van der Waals surface area (Å²) < 4.78 is 0. The molecule has 0 saturated heterocycles. The van der Waals surface area contributed by atoms with E-state index in [4.69, 9.17) is 5.73 Å². The van der Waals surface area contributed by atoms with E-state index < -0.39 is 58.0 Å². The van der Waals surface area contributed by atoms with Gasteiger partial charge in [0.25, 0.3) is 5.91 Å². The normalized spacial score (nSPS) is 29.7. The number of nitrogens with zero attached hydrogens (tertiary/aromatic N) is 3. The lowest BCUT2D eigenvalue weighted by Crippen LogP contribution is -2.63. The van der Waals surface area contributed by atoms with E-state index in [1.54, 1.807) is 25.1 Å². The standard InChI is InChI=1S/C30H40N4O7/c1-13(2)12-34-8-7-18(32(3)4)15-11-19(35)21-16(23(15)34)9-14-10-17-24(33(5)6)26(37)22(29(31)40)28(39)30(17,41)27(38)20(14)25(21)36/h11,13-14,17-18,24,35,37-38,41H,7-10,12H2,1-6H3,(H2,31,40)/t14-,17-,18?,24+,30+/m1/s1. The number of aromatic hydroxyl groups is 1. The van der Waals surface area contributed by atoms with E-state index in [9.17, 15) is 34.8 Å². The van der Waals surface area contributed by atoms with E-state index in [1.165, 1.54) is 0 Å². The Hall–Kier alpha value is -3.41. The van der Waals surface area contributed by atoms with Crippen LogP contribution in [0.15, 0.2) is 28.7 Å². The van der Waals surface area contributed by atoms with Crippen LogP contribution in [-0.4, -0.2) is 101 Å².